The predicted molar refractivity (Wildman–Crippen MR) is 84.4 cm³/mol. The maximum atomic E-state index is 12.9. The zero-order valence-electron chi connectivity index (χ0n) is 13.0. The van der Waals surface area contributed by atoms with Crippen LogP contribution in [0, 0.1) is 19.7 Å². The summed E-state index contributed by atoms with van der Waals surface area (Å²) >= 11 is 0. The highest BCUT2D eigenvalue weighted by atomic mass is 19.1. The molecule has 3 nitrogen and oxygen atoms in total. The Morgan fingerprint density at radius 2 is 1.86 bits per heavy atom. The fourth-order valence-corrected chi connectivity index (χ4v) is 2.14. The molecule has 0 saturated heterocycles. The van der Waals surface area contributed by atoms with Crippen molar-refractivity contribution in [2.24, 2.45) is 0 Å². The van der Waals surface area contributed by atoms with Gasteiger partial charge in [0.15, 0.2) is 6.61 Å². The van der Waals surface area contributed by atoms with Crippen LogP contribution in [-0.4, -0.2) is 12.5 Å². The van der Waals surface area contributed by atoms with Crippen molar-refractivity contribution in [1.29, 1.82) is 0 Å². The second kappa shape index (κ2) is 7.07. The molecule has 1 unspecified atom stereocenters. The molecular formula is C18H20FNO2. The molecule has 0 aliphatic carbocycles. The van der Waals surface area contributed by atoms with Crippen molar-refractivity contribution < 1.29 is 13.9 Å². The van der Waals surface area contributed by atoms with Crippen LogP contribution < -0.4 is 10.1 Å². The van der Waals surface area contributed by atoms with E-state index in [1.54, 1.807) is 12.1 Å². The molecule has 0 aliphatic rings. The molecule has 0 heterocycles. The van der Waals surface area contributed by atoms with Gasteiger partial charge in [0, 0.05) is 0 Å². The first-order chi connectivity index (χ1) is 10.5. The molecule has 22 heavy (non-hydrogen) atoms. The van der Waals surface area contributed by atoms with Crippen LogP contribution in [0.1, 0.15) is 29.7 Å². The van der Waals surface area contributed by atoms with Crippen molar-refractivity contribution in [2.75, 3.05) is 6.61 Å². The van der Waals surface area contributed by atoms with E-state index in [9.17, 15) is 9.18 Å². The average Bonchev–Trinajstić information content (AvgIpc) is 2.49. The quantitative estimate of drug-likeness (QED) is 0.914. The van der Waals surface area contributed by atoms with Crippen LogP contribution in [0.25, 0.3) is 0 Å². The molecule has 2 rings (SSSR count). The summed E-state index contributed by atoms with van der Waals surface area (Å²) in [5.74, 6) is 0.211. The van der Waals surface area contributed by atoms with Crippen LogP contribution in [-0.2, 0) is 4.79 Å². The van der Waals surface area contributed by atoms with Crippen LogP contribution in [0.15, 0.2) is 42.5 Å². The molecule has 0 aliphatic heterocycles. The molecule has 1 atom stereocenters. The van der Waals surface area contributed by atoms with E-state index in [0.717, 1.165) is 16.7 Å². The number of amides is 1. The molecule has 0 bridgehead atoms. The second-order valence-electron chi connectivity index (χ2n) is 5.33. The van der Waals surface area contributed by atoms with Crippen LogP contribution in [0.5, 0.6) is 5.75 Å². The van der Waals surface area contributed by atoms with E-state index in [0.29, 0.717) is 5.75 Å². The van der Waals surface area contributed by atoms with E-state index >= 15 is 0 Å². The third kappa shape index (κ3) is 4.07. The number of carbonyl (C=O) groups is 1. The summed E-state index contributed by atoms with van der Waals surface area (Å²) < 4.78 is 18.4. The predicted octanol–water partition coefficient (Wildman–Crippen LogP) is 3.70. The number of nitrogens with one attached hydrogen (secondary N) is 1. The average molecular weight is 301 g/mol. The first kappa shape index (κ1) is 16.0. The highest BCUT2D eigenvalue weighted by molar-refractivity contribution is 5.78. The summed E-state index contributed by atoms with van der Waals surface area (Å²) in [6, 6.07) is 11.6. The van der Waals surface area contributed by atoms with Gasteiger partial charge in [-0.2, -0.15) is 0 Å². The Balaban J connectivity index is 1.90. The normalized spacial score (nSPS) is 11.8. The van der Waals surface area contributed by atoms with Gasteiger partial charge in [0.25, 0.3) is 5.91 Å². The highest BCUT2D eigenvalue weighted by Gasteiger charge is 2.11. The van der Waals surface area contributed by atoms with Gasteiger partial charge < -0.3 is 10.1 Å². The first-order valence-electron chi connectivity index (χ1n) is 7.21. The molecule has 0 radical (unpaired) electrons. The summed E-state index contributed by atoms with van der Waals surface area (Å²) in [4.78, 5) is 12.0. The Morgan fingerprint density at radius 3 is 2.55 bits per heavy atom. The number of hydrogen-bond donors (Lipinski definition) is 1. The number of aryl methyl sites for hydroxylation is 1. The monoisotopic (exact) mass is 301 g/mol. The Kier molecular flexibility index (Phi) is 5.15. The van der Waals surface area contributed by atoms with Gasteiger partial charge in [-0.25, -0.2) is 4.39 Å². The summed E-state index contributed by atoms with van der Waals surface area (Å²) in [6.45, 7) is 5.77. The minimum absolute atomic E-state index is 0.0458. The van der Waals surface area contributed by atoms with E-state index in [-0.39, 0.29) is 24.4 Å². The lowest BCUT2D eigenvalue weighted by molar-refractivity contribution is -0.123. The molecule has 2 aromatic rings. The van der Waals surface area contributed by atoms with Gasteiger partial charge in [-0.05, 0) is 55.7 Å². The van der Waals surface area contributed by atoms with E-state index in [2.05, 4.69) is 5.32 Å². The molecule has 1 N–H and O–H groups in total. The molecule has 116 valence electrons. The van der Waals surface area contributed by atoms with E-state index in [1.807, 2.05) is 39.0 Å². The lowest BCUT2D eigenvalue weighted by Gasteiger charge is -2.15. The van der Waals surface area contributed by atoms with Gasteiger partial charge in [-0.3, -0.25) is 4.79 Å². The molecule has 0 saturated carbocycles. The second-order valence-corrected chi connectivity index (χ2v) is 5.33. The Bertz CT molecular complexity index is 653. The summed E-state index contributed by atoms with van der Waals surface area (Å²) in [7, 11) is 0. The van der Waals surface area contributed by atoms with Gasteiger partial charge in [0.2, 0.25) is 0 Å². The maximum absolute atomic E-state index is 12.9. The smallest absolute Gasteiger partial charge is 0.258 e. The topological polar surface area (TPSA) is 38.3 Å². The molecule has 1 amide bonds. The number of halogens is 1. The van der Waals surface area contributed by atoms with E-state index < -0.39 is 0 Å². The first-order valence-corrected chi connectivity index (χ1v) is 7.21. The number of benzene rings is 2. The van der Waals surface area contributed by atoms with Crippen molar-refractivity contribution in [3.63, 3.8) is 0 Å². The number of ether oxygens (including phenoxy) is 1. The van der Waals surface area contributed by atoms with Crippen molar-refractivity contribution in [3.05, 3.63) is 65.0 Å². The minimum atomic E-state index is -0.291. The van der Waals surface area contributed by atoms with E-state index in [1.165, 1.54) is 12.1 Å². The fraction of sp³-hybridized carbons (Fsp3) is 0.278. The third-order valence-corrected chi connectivity index (χ3v) is 3.66. The lowest BCUT2D eigenvalue weighted by atomic mass is 10.1. The number of rotatable bonds is 5. The Labute approximate surface area is 130 Å². The van der Waals surface area contributed by atoms with Crippen molar-refractivity contribution >= 4 is 5.91 Å². The molecule has 0 aromatic heterocycles. The Hall–Kier alpha value is -2.36. The zero-order valence-corrected chi connectivity index (χ0v) is 13.0. The summed E-state index contributed by atoms with van der Waals surface area (Å²) in [6.07, 6.45) is 0. The highest BCUT2D eigenvalue weighted by Crippen LogP contribution is 2.20. The molecule has 0 fully saturated rings. The van der Waals surface area contributed by atoms with Gasteiger partial charge >= 0.3 is 0 Å². The van der Waals surface area contributed by atoms with Crippen LogP contribution in [0.4, 0.5) is 4.39 Å². The number of hydrogen-bond acceptors (Lipinski definition) is 2. The van der Waals surface area contributed by atoms with Crippen molar-refractivity contribution in [2.45, 2.75) is 26.8 Å². The SMILES string of the molecule is Cc1cccc(OCC(=O)NC(C)c2ccc(F)cc2)c1C. The van der Waals surface area contributed by atoms with Gasteiger partial charge in [-0.15, -0.1) is 0 Å². The van der Waals surface area contributed by atoms with Gasteiger partial charge in [0.1, 0.15) is 11.6 Å². The van der Waals surface area contributed by atoms with Gasteiger partial charge in [-0.1, -0.05) is 24.3 Å². The van der Waals surface area contributed by atoms with Crippen LogP contribution >= 0.6 is 0 Å². The summed E-state index contributed by atoms with van der Waals surface area (Å²) in [5.41, 5.74) is 3.00. The Morgan fingerprint density at radius 1 is 1.18 bits per heavy atom. The molecule has 2 aromatic carbocycles. The molecule has 4 heteroatoms. The van der Waals surface area contributed by atoms with Crippen molar-refractivity contribution in [3.8, 4) is 5.75 Å². The third-order valence-electron chi connectivity index (χ3n) is 3.66. The zero-order chi connectivity index (χ0) is 16.1. The fourth-order valence-electron chi connectivity index (χ4n) is 2.14. The van der Waals surface area contributed by atoms with Crippen LogP contribution in [0.2, 0.25) is 0 Å². The lowest BCUT2D eigenvalue weighted by Crippen LogP contribution is -2.31. The van der Waals surface area contributed by atoms with E-state index in [4.69, 9.17) is 4.74 Å². The maximum Gasteiger partial charge on any atom is 0.258 e. The van der Waals surface area contributed by atoms with Crippen LogP contribution in [0.3, 0.4) is 0 Å². The largest absolute Gasteiger partial charge is 0.483 e. The molecule has 0 spiro atoms. The van der Waals surface area contributed by atoms with Crippen molar-refractivity contribution in [1.82, 2.24) is 5.32 Å². The standard InChI is InChI=1S/C18H20FNO2/c1-12-5-4-6-17(13(12)2)22-11-18(21)20-14(3)15-7-9-16(19)10-8-15/h4-10,14H,11H2,1-3H3,(H,20,21). The minimum Gasteiger partial charge on any atom is -0.483 e. The number of carbonyl (C=O) groups excluding carboxylic acids is 1. The molecular weight excluding hydrogens is 281 g/mol. The summed E-state index contributed by atoms with van der Waals surface area (Å²) in [5, 5.41) is 2.83. The van der Waals surface area contributed by atoms with Gasteiger partial charge in [0.05, 0.1) is 6.04 Å².